The molecule has 2 aliphatic rings. The van der Waals surface area contributed by atoms with Crippen LogP contribution in [0.3, 0.4) is 0 Å². The zero-order chi connectivity index (χ0) is 24.1. The Morgan fingerprint density at radius 2 is 1.62 bits per heavy atom. The van der Waals surface area contributed by atoms with Crippen molar-refractivity contribution >= 4 is 18.0 Å². The van der Waals surface area contributed by atoms with Crippen LogP contribution in [0.1, 0.15) is 55.6 Å². The van der Waals surface area contributed by atoms with Gasteiger partial charge >= 0.3 is 12.1 Å². The van der Waals surface area contributed by atoms with E-state index in [1.807, 2.05) is 48.5 Å². The van der Waals surface area contributed by atoms with Gasteiger partial charge < -0.3 is 20.5 Å². The lowest BCUT2D eigenvalue weighted by Crippen LogP contribution is -2.60. The molecule has 0 heterocycles. The topological polar surface area (TPSA) is 105 Å². The van der Waals surface area contributed by atoms with Crippen molar-refractivity contribution in [2.75, 3.05) is 6.61 Å². The fourth-order valence-electron chi connectivity index (χ4n) is 4.98. The highest BCUT2D eigenvalue weighted by Crippen LogP contribution is 2.44. The van der Waals surface area contributed by atoms with Gasteiger partial charge in [-0.3, -0.25) is 4.79 Å². The van der Waals surface area contributed by atoms with Crippen LogP contribution in [0.4, 0.5) is 4.79 Å². The van der Waals surface area contributed by atoms with E-state index in [0.29, 0.717) is 25.7 Å². The summed E-state index contributed by atoms with van der Waals surface area (Å²) in [5, 5.41) is 14.9. The molecule has 2 aliphatic carbocycles. The second-order valence-corrected chi connectivity index (χ2v) is 8.87. The smallest absolute Gasteiger partial charge is 0.407 e. The van der Waals surface area contributed by atoms with Crippen LogP contribution in [0, 0.1) is 12.3 Å². The Labute approximate surface area is 198 Å². The summed E-state index contributed by atoms with van der Waals surface area (Å²) >= 11 is 0. The van der Waals surface area contributed by atoms with E-state index in [9.17, 15) is 19.5 Å². The molecular formula is C27H28N2O5. The number of ether oxygens (including phenoxy) is 1. The zero-order valence-electron chi connectivity index (χ0n) is 18.9. The number of hydrogen-bond acceptors (Lipinski definition) is 4. The fourth-order valence-corrected chi connectivity index (χ4v) is 4.98. The van der Waals surface area contributed by atoms with Crippen LogP contribution < -0.4 is 10.6 Å². The number of fused-ring (bicyclic) bond motifs is 3. The third-order valence-corrected chi connectivity index (χ3v) is 6.75. The molecule has 3 N–H and O–H groups in total. The Kier molecular flexibility index (Phi) is 6.87. The Balaban J connectivity index is 1.41. The lowest BCUT2D eigenvalue weighted by atomic mass is 9.81. The molecular weight excluding hydrogens is 432 g/mol. The minimum atomic E-state index is -1.33. The van der Waals surface area contributed by atoms with Crippen molar-refractivity contribution < 1.29 is 24.2 Å². The highest BCUT2D eigenvalue weighted by atomic mass is 16.5. The summed E-state index contributed by atoms with van der Waals surface area (Å²) in [7, 11) is 0. The van der Waals surface area contributed by atoms with Crippen molar-refractivity contribution in [3.8, 4) is 23.5 Å². The quantitative estimate of drug-likeness (QED) is 0.545. The predicted octanol–water partition coefficient (Wildman–Crippen LogP) is 3.82. The lowest BCUT2D eigenvalue weighted by Gasteiger charge is -2.35. The third kappa shape index (κ3) is 4.62. The number of terminal acetylenes is 1. The standard InChI is InChI=1S/C27H28N2O5/c1-2-10-23(24(30)29-27(25(31)32)15-8-3-9-16-27)28-26(33)34-17-22-20-13-6-4-11-18(20)19-12-5-7-14-21(19)22/h1,4-7,11-14,22-23H,3,8-10,15-17H2,(H,28,33)(H,29,30)(H,31,32). The number of aliphatic carboxylic acids is 1. The van der Waals surface area contributed by atoms with Gasteiger partial charge in [0.25, 0.3) is 0 Å². The molecule has 0 bridgehead atoms. The van der Waals surface area contributed by atoms with Gasteiger partial charge in [-0.25, -0.2) is 9.59 Å². The number of alkyl carbamates (subject to hydrolysis) is 1. The molecule has 4 rings (SSSR count). The monoisotopic (exact) mass is 460 g/mol. The molecule has 0 spiro atoms. The van der Waals surface area contributed by atoms with E-state index < -0.39 is 29.6 Å². The maximum atomic E-state index is 12.9. The van der Waals surface area contributed by atoms with Crippen molar-refractivity contribution in [3.05, 3.63) is 59.7 Å². The first kappa shape index (κ1) is 23.4. The second-order valence-electron chi connectivity index (χ2n) is 8.87. The summed E-state index contributed by atoms with van der Waals surface area (Å²) in [6.45, 7) is 0.101. The molecule has 1 fully saturated rings. The number of carboxylic acid groups (broad SMARTS) is 1. The van der Waals surface area contributed by atoms with E-state index in [0.717, 1.165) is 28.7 Å². The molecule has 7 nitrogen and oxygen atoms in total. The first-order chi connectivity index (χ1) is 16.4. The number of carbonyl (C=O) groups is 3. The molecule has 176 valence electrons. The Bertz CT molecular complexity index is 1080. The summed E-state index contributed by atoms with van der Waals surface area (Å²) in [6.07, 6.45) is 7.61. The van der Waals surface area contributed by atoms with Gasteiger partial charge in [0.15, 0.2) is 0 Å². The first-order valence-corrected chi connectivity index (χ1v) is 11.6. The van der Waals surface area contributed by atoms with Crippen LogP contribution in [0.25, 0.3) is 11.1 Å². The van der Waals surface area contributed by atoms with Crippen LogP contribution in [0.15, 0.2) is 48.5 Å². The van der Waals surface area contributed by atoms with Crippen LogP contribution in [0.5, 0.6) is 0 Å². The van der Waals surface area contributed by atoms with Gasteiger partial charge in [0.05, 0.1) is 0 Å². The number of nitrogens with one attached hydrogen (secondary N) is 2. The Hall–Kier alpha value is -3.79. The number of rotatable bonds is 7. The molecule has 2 amide bonds. The zero-order valence-corrected chi connectivity index (χ0v) is 18.9. The third-order valence-electron chi connectivity index (χ3n) is 6.75. The molecule has 2 aromatic rings. The van der Waals surface area contributed by atoms with Crippen LogP contribution >= 0.6 is 0 Å². The van der Waals surface area contributed by atoms with E-state index in [4.69, 9.17) is 11.2 Å². The van der Waals surface area contributed by atoms with Crippen LogP contribution in [-0.2, 0) is 14.3 Å². The highest BCUT2D eigenvalue weighted by Gasteiger charge is 2.42. The van der Waals surface area contributed by atoms with Crippen LogP contribution in [0.2, 0.25) is 0 Å². The van der Waals surface area contributed by atoms with Gasteiger partial charge in [0.1, 0.15) is 18.2 Å². The molecule has 7 heteroatoms. The van der Waals surface area contributed by atoms with Gasteiger partial charge in [0.2, 0.25) is 5.91 Å². The highest BCUT2D eigenvalue weighted by molar-refractivity contribution is 5.91. The normalized spacial score (nSPS) is 16.9. The number of hydrogen-bond donors (Lipinski definition) is 3. The molecule has 1 unspecified atom stereocenters. The number of carboxylic acids is 1. The van der Waals surface area contributed by atoms with Gasteiger partial charge in [-0.1, -0.05) is 67.8 Å². The Morgan fingerprint density at radius 3 is 2.18 bits per heavy atom. The van der Waals surface area contributed by atoms with E-state index in [-0.39, 0.29) is 18.9 Å². The van der Waals surface area contributed by atoms with E-state index in [1.165, 1.54) is 0 Å². The molecule has 1 saturated carbocycles. The van der Waals surface area contributed by atoms with Gasteiger partial charge in [-0.05, 0) is 35.1 Å². The summed E-state index contributed by atoms with van der Waals surface area (Å²) < 4.78 is 5.51. The minimum absolute atomic E-state index is 0.0777. The summed E-state index contributed by atoms with van der Waals surface area (Å²) in [5.74, 6) is 0.579. The fraction of sp³-hybridized carbons (Fsp3) is 0.370. The maximum Gasteiger partial charge on any atom is 0.407 e. The van der Waals surface area contributed by atoms with Crippen molar-refractivity contribution in [2.24, 2.45) is 0 Å². The average Bonchev–Trinajstić information content (AvgIpc) is 3.16. The summed E-state index contributed by atoms with van der Waals surface area (Å²) in [6, 6.07) is 14.9. The average molecular weight is 461 g/mol. The van der Waals surface area contributed by atoms with Gasteiger partial charge in [-0.2, -0.15) is 0 Å². The molecule has 0 saturated heterocycles. The molecule has 0 aliphatic heterocycles. The van der Waals surface area contributed by atoms with E-state index >= 15 is 0 Å². The lowest BCUT2D eigenvalue weighted by molar-refractivity contribution is -0.149. The summed E-state index contributed by atoms with van der Waals surface area (Å²) in [4.78, 5) is 37.4. The van der Waals surface area contributed by atoms with Crippen molar-refractivity contribution in [1.29, 1.82) is 0 Å². The number of carbonyl (C=O) groups excluding carboxylic acids is 2. The van der Waals surface area contributed by atoms with E-state index in [1.54, 1.807) is 0 Å². The molecule has 1 atom stereocenters. The maximum absolute atomic E-state index is 12.9. The molecule has 0 radical (unpaired) electrons. The predicted molar refractivity (Wildman–Crippen MR) is 127 cm³/mol. The van der Waals surface area contributed by atoms with Crippen molar-refractivity contribution in [2.45, 2.75) is 56.0 Å². The number of benzene rings is 2. The SMILES string of the molecule is C#CCC(NC(=O)OCC1c2ccccc2-c2ccccc21)C(=O)NC1(C(=O)O)CCCCC1. The van der Waals surface area contributed by atoms with Gasteiger partial charge in [0, 0.05) is 12.3 Å². The van der Waals surface area contributed by atoms with Crippen LogP contribution in [-0.4, -0.2) is 41.3 Å². The molecule has 2 aromatic carbocycles. The minimum Gasteiger partial charge on any atom is -0.480 e. The van der Waals surface area contributed by atoms with Gasteiger partial charge in [-0.15, -0.1) is 12.3 Å². The van der Waals surface area contributed by atoms with Crippen molar-refractivity contribution in [3.63, 3.8) is 0 Å². The van der Waals surface area contributed by atoms with Crippen molar-refractivity contribution in [1.82, 2.24) is 10.6 Å². The largest absolute Gasteiger partial charge is 0.480 e. The molecule has 0 aromatic heterocycles. The van der Waals surface area contributed by atoms with E-state index in [2.05, 4.69) is 16.6 Å². The Morgan fingerprint density at radius 1 is 1.03 bits per heavy atom. The molecule has 34 heavy (non-hydrogen) atoms. The second kappa shape index (κ2) is 10.0. The summed E-state index contributed by atoms with van der Waals surface area (Å²) in [5.41, 5.74) is 3.06. The number of amides is 2. The first-order valence-electron chi connectivity index (χ1n) is 11.6.